The maximum Gasteiger partial charge on any atom is 0.247 e. The summed E-state index contributed by atoms with van der Waals surface area (Å²) in [4.78, 5) is 12.6. The van der Waals surface area contributed by atoms with Gasteiger partial charge in [-0.15, -0.1) is 0 Å². The van der Waals surface area contributed by atoms with Gasteiger partial charge < -0.3 is 4.74 Å². The minimum Gasteiger partial charge on any atom is -0.436 e. The SMILES string of the molecule is Cc1cc(C)c(Oc2nc(-c3cncc(C#N)c3)ncc2NS(C)(=O)=O)c(C)c1. The number of hydrogen-bond acceptors (Lipinski definition) is 7. The Morgan fingerprint density at radius 1 is 1.07 bits per heavy atom. The van der Waals surface area contributed by atoms with Crippen molar-refractivity contribution < 1.29 is 13.2 Å². The van der Waals surface area contributed by atoms with Crippen molar-refractivity contribution in [2.75, 3.05) is 11.0 Å². The van der Waals surface area contributed by atoms with Gasteiger partial charge in [0.2, 0.25) is 15.9 Å². The number of sulfonamides is 1. The number of rotatable bonds is 5. The van der Waals surface area contributed by atoms with E-state index in [1.807, 2.05) is 39.0 Å². The molecule has 9 heteroatoms. The van der Waals surface area contributed by atoms with Gasteiger partial charge in [0.1, 0.15) is 17.5 Å². The van der Waals surface area contributed by atoms with Crippen LogP contribution in [0.4, 0.5) is 5.69 Å². The normalized spacial score (nSPS) is 11.0. The Kier molecular flexibility index (Phi) is 5.48. The number of anilines is 1. The van der Waals surface area contributed by atoms with Crippen LogP contribution < -0.4 is 9.46 Å². The Morgan fingerprint density at radius 2 is 1.76 bits per heavy atom. The van der Waals surface area contributed by atoms with Gasteiger partial charge in [0.15, 0.2) is 5.82 Å². The van der Waals surface area contributed by atoms with Crippen molar-refractivity contribution in [1.29, 1.82) is 5.26 Å². The zero-order valence-electron chi connectivity index (χ0n) is 16.4. The maximum absolute atomic E-state index is 11.8. The lowest BCUT2D eigenvalue weighted by Crippen LogP contribution is -2.12. The van der Waals surface area contributed by atoms with Crippen LogP contribution in [0.2, 0.25) is 0 Å². The van der Waals surface area contributed by atoms with Crippen LogP contribution in [-0.4, -0.2) is 29.6 Å². The molecule has 148 valence electrons. The smallest absolute Gasteiger partial charge is 0.247 e. The van der Waals surface area contributed by atoms with Crippen molar-refractivity contribution in [3.63, 3.8) is 0 Å². The van der Waals surface area contributed by atoms with E-state index in [-0.39, 0.29) is 17.4 Å². The van der Waals surface area contributed by atoms with E-state index >= 15 is 0 Å². The van der Waals surface area contributed by atoms with Crippen LogP contribution >= 0.6 is 0 Å². The van der Waals surface area contributed by atoms with Gasteiger partial charge in [-0.3, -0.25) is 9.71 Å². The molecule has 3 aromatic rings. The van der Waals surface area contributed by atoms with Crippen molar-refractivity contribution >= 4 is 15.7 Å². The molecule has 0 atom stereocenters. The summed E-state index contributed by atoms with van der Waals surface area (Å²) in [6.45, 7) is 5.79. The molecule has 0 unspecified atom stereocenters. The number of benzene rings is 1. The van der Waals surface area contributed by atoms with E-state index in [0.29, 0.717) is 16.9 Å². The number of nitrogens with zero attached hydrogens (tertiary/aromatic N) is 4. The molecular weight excluding hydrogens is 390 g/mol. The number of aryl methyl sites for hydroxylation is 3. The van der Waals surface area contributed by atoms with E-state index < -0.39 is 10.0 Å². The highest BCUT2D eigenvalue weighted by atomic mass is 32.2. The molecule has 0 bridgehead atoms. The number of hydrogen-bond donors (Lipinski definition) is 1. The summed E-state index contributed by atoms with van der Waals surface area (Å²) in [5.74, 6) is 0.893. The molecule has 3 rings (SSSR count). The molecule has 1 aromatic carbocycles. The first-order valence-corrected chi connectivity index (χ1v) is 10.5. The number of nitriles is 1. The summed E-state index contributed by atoms with van der Waals surface area (Å²) < 4.78 is 31.9. The topological polar surface area (TPSA) is 118 Å². The van der Waals surface area contributed by atoms with Crippen LogP contribution in [0.15, 0.2) is 36.8 Å². The Hall–Kier alpha value is -3.51. The van der Waals surface area contributed by atoms with Gasteiger partial charge in [-0.05, 0) is 38.0 Å². The number of ether oxygens (including phenoxy) is 1. The summed E-state index contributed by atoms with van der Waals surface area (Å²) in [5.41, 5.74) is 3.85. The third-order valence-corrected chi connectivity index (χ3v) is 4.57. The molecule has 8 nitrogen and oxygen atoms in total. The first-order valence-electron chi connectivity index (χ1n) is 8.62. The first-order chi connectivity index (χ1) is 13.7. The molecule has 29 heavy (non-hydrogen) atoms. The second-order valence-corrected chi connectivity index (χ2v) is 8.44. The third-order valence-electron chi connectivity index (χ3n) is 3.98. The highest BCUT2D eigenvalue weighted by Crippen LogP contribution is 2.34. The quantitative estimate of drug-likeness (QED) is 0.685. The van der Waals surface area contributed by atoms with Gasteiger partial charge in [-0.1, -0.05) is 17.7 Å². The minimum absolute atomic E-state index is 0.0536. The van der Waals surface area contributed by atoms with Crippen molar-refractivity contribution in [2.24, 2.45) is 0 Å². The Labute approximate surface area is 169 Å². The van der Waals surface area contributed by atoms with Gasteiger partial charge >= 0.3 is 0 Å². The van der Waals surface area contributed by atoms with Crippen molar-refractivity contribution in [1.82, 2.24) is 15.0 Å². The number of aromatic nitrogens is 3. The number of pyridine rings is 1. The van der Waals surface area contributed by atoms with Crippen molar-refractivity contribution in [3.05, 3.63) is 59.0 Å². The predicted octanol–water partition coefficient (Wildman–Crippen LogP) is 3.50. The minimum atomic E-state index is -3.57. The lowest BCUT2D eigenvalue weighted by Gasteiger charge is -2.15. The highest BCUT2D eigenvalue weighted by Gasteiger charge is 2.17. The van der Waals surface area contributed by atoms with E-state index in [1.54, 1.807) is 6.07 Å². The Morgan fingerprint density at radius 3 is 2.38 bits per heavy atom. The molecule has 0 aliphatic rings. The lowest BCUT2D eigenvalue weighted by molar-refractivity contribution is 0.457. The molecule has 2 heterocycles. The van der Waals surface area contributed by atoms with Crippen LogP contribution in [0.25, 0.3) is 11.4 Å². The Balaban J connectivity index is 2.12. The summed E-state index contributed by atoms with van der Waals surface area (Å²) in [6, 6.07) is 7.54. The second kappa shape index (κ2) is 7.85. The average Bonchev–Trinajstić information content (AvgIpc) is 2.64. The predicted molar refractivity (Wildman–Crippen MR) is 109 cm³/mol. The molecule has 0 radical (unpaired) electrons. The van der Waals surface area contributed by atoms with Crippen molar-refractivity contribution in [2.45, 2.75) is 20.8 Å². The monoisotopic (exact) mass is 409 g/mol. The maximum atomic E-state index is 11.8. The molecule has 2 aromatic heterocycles. The Bertz CT molecular complexity index is 1210. The van der Waals surface area contributed by atoms with Gasteiger partial charge in [0, 0.05) is 18.0 Å². The first kappa shape index (κ1) is 20.2. The van der Waals surface area contributed by atoms with Gasteiger partial charge in [-0.2, -0.15) is 10.2 Å². The third kappa shape index (κ3) is 4.86. The van der Waals surface area contributed by atoms with E-state index in [2.05, 4.69) is 19.7 Å². The van der Waals surface area contributed by atoms with E-state index in [9.17, 15) is 8.42 Å². The molecule has 0 fully saturated rings. The van der Waals surface area contributed by atoms with E-state index in [4.69, 9.17) is 10.00 Å². The highest BCUT2D eigenvalue weighted by molar-refractivity contribution is 7.92. The molecule has 0 saturated carbocycles. The summed E-state index contributed by atoms with van der Waals surface area (Å²) >= 11 is 0. The summed E-state index contributed by atoms with van der Waals surface area (Å²) in [6.07, 6.45) is 5.31. The zero-order chi connectivity index (χ0) is 21.2. The average molecular weight is 409 g/mol. The molecule has 0 amide bonds. The van der Waals surface area contributed by atoms with Gasteiger partial charge in [0.25, 0.3) is 0 Å². The largest absolute Gasteiger partial charge is 0.436 e. The standard InChI is InChI=1S/C20H19N5O3S/c1-12-5-13(2)18(14(3)6-12)28-20-17(25-29(4,26)27)11-23-19(24-20)16-7-15(8-21)9-22-10-16/h5-7,9-11,25H,1-4H3. The molecule has 0 spiro atoms. The van der Waals surface area contributed by atoms with E-state index in [0.717, 1.165) is 22.9 Å². The summed E-state index contributed by atoms with van der Waals surface area (Å²) in [7, 11) is -3.57. The molecule has 1 N–H and O–H groups in total. The van der Waals surface area contributed by atoms with Crippen LogP contribution in [0.5, 0.6) is 11.6 Å². The van der Waals surface area contributed by atoms with Crippen LogP contribution in [-0.2, 0) is 10.0 Å². The van der Waals surface area contributed by atoms with Crippen LogP contribution in [0, 0.1) is 32.1 Å². The van der Waals surface area contributed by atoms with Gasteiger partial charge in [-0.25, -0.2) is 13.4 Å². The lowest BCUT2D eigenvalue weighted by atomic mass is 10.1. The molecular formula is C20H19N5O3S. The fraction of sp³-hybridized carbons (Fsp3) is 0.200. The van der Waals surface area contributed by atoms with Crippen LogP contribution in [0.1, 0.15) is 22.3 Å². The number of nitrogens with one attached hydrogen (secondary N) is 1. The zero-order valence-corrected chi connectivity index (χ0v) is 17.2. The van der Waals surface area contributed by atoms with Gasteiger partial charge in [0.05, 0.1) is 18.0 Å². The molecule has 0 aliphatic carbocycles. The van der Waals surface area contributed by atoms with E-state index in [1.165, 1.54) is 18.6 Å². The fourth-order valence-corrected chi connectivity index (χ4v) is 3.44. The molecule has 0 saturated heterocycles. The van der Waals surface area contributed by atoms with Crippen LogP contribution in [0.3, 0.4) is 0 Å². The molecule has 0 aliphatic heterocycles. The fourth-order valence-electron chi connectivity index (χ4n) is 2.90. The van der Waals surface area contributed by atoms with Crippen molar-refractivity contribution in [3.8, 4) is 29.1 Å². The summed E-state index contributed by atoms with van der Waals surface area (Å²) in [5, 5.41) is 9.08. The second-order valence-electron chi connectivity index (χ2n) is 6.69.